The van der Waals surface area contributed by atoms with E-state index in [2.05, 4.69) is 36.2 Å². The Morgan fingerprint density at radius 3 is 2.64 bits per heavy atom. The maximum absolute atomic E-state index is 5.18. The summed E-state index contributed by atoms with van der Waals surface area (Å²) in [7, 11) is 0. The highest BCUT2D eigenvalue weighted by molar-refractivity contribution is 4.98. The predicted molar refractivity (Wildman–Crippen MR) is 52.9 cm³/mol. The summed E-state index contributed by atoms with van der Waals surface area (Å²) in [6.45, 7) is 6.93. The van der Waals surface area contributed by atoms with E-state index in [0.717, 1.165) is 12.4 Å². The van der Waals surface area contributed by atoms with Gasteiger partial charge >= 0.3 is 0 Å². The van der Waals surface area contributed by atoms with E-state index in [1.165, 1.54) is 12.8 Å². The molecule has 1 aliphatic rings. The van der Waals surface area contributed by atoms with E-state index in [4.69, 9.17) is 4.52 Å². The van der Waals surface area contributed by atoms with Crippen LogP contribution >= 0.6 is 0 Å². The van der Waals surface area contributed by atoms with Crippen LogP contribution < -0.4 is 5.32 Å². The molecular formula is C10H17N3O. The van der Waals surface area contributed by atoms with Crippen LogP contribution in [0.3, 0.4) is 0 Å². The normalized spacial score (nSPS) is 17.4. The van der Waals surface area contributed by atoms with Crippen molar-refractivity contribution >= 4 is 0 Å². The molecule has 1 saturated carbocycles. The van der Waals surface area contributed by atoms with Crippen molar-refractivity contribution in [1.82, 2.24) is 15.5 Å². The molecular weight excluding hydrogens is 178 g/mol. The molecule has 1 N–H and O–H groups in total. The van der Waals surface area contributed by atoms with Gasteiger partial charge in [0.15, 0.2) is 5.82 Å². The predicted octanol–water partition coefficient (Wildman–Crippen LogP) is 1.62. The third-order valence-corrected chi connectivity index (χ3v) is 2.24. The highest BCUT2D eigenvalue weighted by atomic mass is 16.5. The lowest BCUT2D eigenvalue weighted by Gasteiger charge is -2.10. The summed E-state index contributed by atoms with van der Waals surface area (Å²) in [5.41, 5.74) is -0.0508. The lowest BCUT2D eigenvalue weighted by atomic mass is 9.97. The first-order valence-corrected chi connectivity index (χ1v) is 5.12. The average molecular weight is 195 g/mol. The maximum Gasteiger partial charge on any atom is 0.232 e. The van der Waals surface area contributed by atoms with Gasteiger partial charge in [-0.15, -0.1) is 0 Å². The summed E-state index contributed by atoms with van der Waals surface area (Å²) in [5, 5.41) is 7.29. The molecule has 1 heterocycles. The molecule has 0 atom stereocenters. The van der Waals surface area contributed by atoms with Gasteiger partial charge in [-0.2, -0.15) is 4.98 Å². The zero-order valence-corrected chi connectivity index (χ0v) is 9.00. The summed E-state index contributed by atoms with van der Waals surface area (Å²) < 4.78 is 5.18. The van der Waals surface area contributed by atoms with Gasteiger partial charge in [0.05, 0.1) is 6.54 Å². The van der Waals surface area contributed by atoms with Crippen LogP contribution in [0.1, 0.15) is 45.3 Å². The Labute approximate surface area is 84.1 Å². The molecule has 1 fully saturated rings. The van der Waals surface area contributed by atoms with Crippen LogP contribution in [0.2, 0.25) is 0 Å². The number of rotatable bonds is 3. The van der Waals surface area contributed by atoms with Gasteiger partial charge in [-0.05, 0) is 12.8 Å². The van der Waals surface area contributed by atoms with Gasteiger partial charge in [-0.1, -0.05) is 25.9 Å². The fraction of sp³-hybridized carbons (Fsp3) is 0.800. The smallest absolute Gasteiger partial charge is 0.232 e. The van der Waals surface area contributed by atoms with Gasteiger partial charge in [0.2, 0.25) is 5.89 Å². The van der Waals surface area contributed by atoms with Crippen molar-refractivity contribution in [3.63, 3.8) is 0 Å². The highest BCUT2D eigenvalue weighted by Gasteiger charge is 2.23. The second-order valence-electron chi connectivity index (χ2n) is 4.92. The Morgan fingerprint density at radius 2 is 2.14 bits per heavy atom. The van der Waals surface area contributed by atoms with Gasteiger partial charge in [0, 0.05) is 11.5 Å². The van der Waals surface area contributed by atoms with Crippen molar-refractivity contribution < 1.29 is 4.52 Å². The van der Waals surface area contributed by atoms with Gasteiger partial charge in [-0.25, -0.2) is 0 Å². The Morgan fingerprint density at radius 1 is 1.43 bits per heavy atom. The molecule has 1 aliphatic carbocycles. The first-order valence-electron chi connectivity index (χ1n) is 5.12. The molecule has 0 aromatic carbocycles. The molecule has 14 heavy (non-hydrogen) atoms. The zero-order valence-electron chi connectivity index (χ0n) is 9.00. The monoisotopic (exact) mass is 195 g/mol. The second-order valence-corrected chi connectivity index (χ2v) is 4.92. The summed E-state index contributed by atoms with van der Waals surface area (Å²) in [4.78, 5) is 4.34. The summed E-state index contributed by atoms with van der Waals surface area (Å²) in [6, 6.07) is 0.687. The maximum atomic E-state index is 5.18. The Balaban J connectivity index is 1.94. The highest BCUT2D eigenvalue weighted by Crippen LogP contribution is 2.21. The molecule has 4 nitrogen and oxygen atoms in total. The van der Waals surface area contributed by atoms with Crippen LogP contribution in [0.15, 0.2) is 4.52 Å². The summed E-state index contributed by atoms with van der Waals surface area (Å²) in [6.07, 6.45) is 2.56. The number of hydrogen-bond acceptors (Lipinski definition) is 4. The van der Waals surface area contributed by atoms with Crippen LogP contribution in [0.4, 0.5) is 0 Å². The quantitative estimate of drug-likeness (QED) is 0.796. The Bertz CT molecular complexity index is 309. The van der Waals surface area contributed by atoms with Gasteiger partial charge < -0.3 is 9.84 Å². The molecule has 0 amide bonds. The first-order chi connectivity index (χ1) is 6.55. The standard InChI is InChI=1S/C10H17N3O/c1-10(2,3)9-12-8(13-14-9)6-11-7-4-5-7/h7,11H,4-6H2,1-3H3. The molecule has 78 valence electrons. The van der Waals surface area contributed by atoms with Crippen molar-refractivity contribution in [2.75, 3.05) is 0 Å². The molecule has 0 aliphatic heterocycles. The van der Waals surface area contributed by atoms with Gasteiger partial charge in [0.25, 0.3) is 0 Å². The molecule has 4 heteroatoms. The summed E-state index contributed by atoms with van der Waals surface area (Å²) >= 11 is 0. The van der Waals surface area contributed by atoms with E-state index in [1.54, 1.807) is 0 Å². The minimum absolute atomic E-state index is 0.0508. The van der Waals surface area contributed by atoms with E-state index in [-0.39, 0.29) is 5.41 Å². The number of nitrogens with zero attached hydrogens (tertiary/aromatic N) is 2. The topological polar surface area (TPSA) is 51.0 Å². The van der Waals surface area contributed by atoms with E-state index < -0.39 is 0 Å². The fourth-order valence-electron chi connectivity index (χ4n) is 1.15. The van der Waals surface area contributed by atoms with Gasteiger partial charge in [0.1, 0.15) is 0 Å². The van der Waals surface area contributed by atoms with Crippen molar-refractivity contribution in [1.29, 1.82) is 0 Å². The SMILES string of the molecule is CC(C)(C)c1nc(CNC2CC2)no1. The van der Waals surface area contributed by atoms with E-state index in [1.807, 2.05) is 0 Å². The third kappa shape index (κ3) is 2.32. The molecule has 2 rings (SSSR count). The number of aromatic nitrogens is 2. The minimum Gasteiger partial charge on any atom is -0.339 e. The minimum atomic E-state index is -0.0508. The molecule has 0 radical (unpaired) electrons. The lowest BCUT2D eigenvalue weighted by molar-refractivity contribution is 0.317. The van der Waals surface area contributed by atoms with Crippen LogP contribution in [0.5, 0.6) is 0 Å². The van der Waals surface area contributed by atoms with Crippen molar-refractivity contribution in [3.8, 4) is 0 Å². The molecule has 1 aromatic heterocycles. The molecule has 0 bridgehead atoms. The van der Waals surface area contributed by atoms with Crippen LogP contribution in [-0.2, 0) is 12.0 Å². The Hall–Kier alpha value is -0.900. The molecule has 1 aromatic rings. The van der Waals surface area contributed by atoms with Crippen molar-refractivity contribution in [2.24, 2.45) is 0 Å². The van der Waals surface area contributed by atoms with E-state index in [0.29, 0.717) is 11.9 Å². The number of hydrogen-bond donors (Lipinski definition) is 1. The average Bonchev–Trinajstić information content (AvgIpc) is 2.77. The molecule has 0 saturated heterocycles. The Kier molecular flexibility index (Phi) is 2.31. The van der Waals surface area contributed by atoms with Crippen molar-refractivity contribution in [3.05, 3.63) is 11.7 Å². The van der Waals surface area contributed by atoms with Gasteiger partial charge in [-0.3, -0.25) is 0 Å². The molecule has 0 spiro atoms. The van der Waals surface area contributed by atoms with Crippen LogP contribution in [0.25, 0.3) is 0 Å². The van der Waals surface area contributed by atoms with Crippen molar-refractivity contribution in [2.45, 2.75) is 51.6 Å². The third-order valence-electron chi connectivity index (χ3n) is 2.24. The summed E-state index contributed by atoms with van der Waals surface area (Å²) in [5.74, 6) is 1.48. The van der Waals surface area contributed by atoms with Crippen LogP contribution in [0, 0.1) is 0 Å². The fourth-order valence-corrected chi connectivity index (χ4v) is 1.15. The first kappa shape index (κ1) is 9.65. The lowest BCUT2D eigenvalue weighted by Crippen LogP contribution is -2.17. The largest absolute Gasteiger partial charge is 0.339 e. The second kappa shape index (κ2) is 3.35. The zero-order chi connectivity index (χ0) is 10.2. The molecule has 0 unspecified atom stereocenters. The van der Waals surface area contributed by atoms with E-state index in [9.17, 15) is 0 Å². The number of nitrogens with one attached hydrogen (secondary N) is 1. The van der Waals surface area contributed by atoms with Crippen LogP contribution in [-0.4, -0.2) is 16.2 Å². The van der Waals surface area contributed by atoms with E-state index >= 15 is 0 Å².